The van der Waals surface area contributed by atoms with Gasteiger partial charge in [0.1, 0.15) is 18.0 Å². The third-order valence-corrected chi connectivity index (χ3v) is 3.99. The Morgan fingerprint density at radius 3 is 3.00 bits per heavy atom. The van der Waals surface area contributed by atoms with Crippen LogP contribution >= 0.6 is 0 Å². The Bertz CT molecular complexity index is 926. The van der Waals surface area contributed by atoms with Gasteiger partial charge >= 0.3 is 0 Å². The van der Waals surface area contributed by atoms with Crippen LogP contribution in [0.1, 0.15) is 11.4 Å². The van der Waals surface area contributed by atoms with Gasteiger partial charge in [0, 0.05) is 36.3 Å². The highest BCUT2D eigenvalue weighted by Crippen LogP contribution is 2.28. The monoisotopic (exact) mass is 319 g/mol. The highest BCUT2D eigenvalue weighted by molar-refractivity contribution is 5.96. The lowest BCUT2D eigenvalue weighted by Crippen LogP contribution is -2.07. The van der Waals surface area contributed by atoms with E-state index >= 15 is 0 Å². The van der Waals surface area contributed by atoms with Gasteiger partial charge in [-0.1, -0.05) is 12.1 Å². The second-order valence-electron chi connectivity index (χ2n) is 5.62. The van der Waals surface area contributed by atoms with E-state index < -0.39 is 0 Å². The molecule has 0 fully saturated rings. The minimum atomic E-state index is 0.499. The normalized spacial score (nSPS) is 13.4. The van der Waals surface area contributed by atoms with Crippen LogP contribution in [0.15, 0.2) is 41.7 Å². The van der Waals surface area contributed by atoms with Crippen LogP contribution in [0.3, 0.4) is 0 Å². The minimum absolute atomic E-state index is 0.499. The number of anilines is 2. The maximum atomic E-state index is 5.98. The molecule has 0 atom stereocenters. The first kappa shape index (κ1) is 14.4. The number of nitrogens with one attached hydrogen (secondary N) is 2. The van der Waals surface area contributed by atoms with E-state index in [1.54, 1.807) is 0 Å². The molecule has 0 saturated heterocycles. The highest BCUT2D eigenvalue weighted by atomic mass is 15.2. The molecule has 4 N–H and O–H groups in total. The molecule has 1 aliphatic rings. The number of fused-ring (bicyclic) bond motifs is 1. The van der Waals surface area contributed by atoms with E-state index in [1.165, 1.54) is 11.9 Å². The topological polar surface area (TPSA) is 105 Å². The third kappa shape index (κ3) is 2.83. The van der Waals surface area contributed by atoms with Crippen LogP contribution in [0.25, 0.3) is 16.5 Å². The van der Waals surface area contributed by atoms with E-state index in [0.29, 0.717) is 5.82 Å². The molecule has 120 valence electrons. The van der Waals surface area contributed by atoms with Gasteiger partial charge in [0.15, 0.2) is 0 Å². The van der Waals surface area contributed by atoms with Crippen molar-refractivity contribution < 1.29 is 0 Å². The molecule has 1 aromatic carbocycles. The lowest BCUT2D eigenvalue weighted by Gasteiger charge is -2.11. The van der Waals surface area contributed by atoms with Crippen molar-refractivity contribution in [2.45, 2.75) is 6.42 Å². The van der Waals surface area contributed by atoms with Gasteiger partial charge in [0.2, 0.25) is 0 Å². The molecule has 0 aliphatic carbocycles. The van der Waals surface area contributed by atoms with Gasteiger partial charge in [-0.25, -0.2) is 9.97 Å². The van der Waals surface area contributed by atoms with Crippen molar-refractivity contribution in [2.75, 3.05) is 24.1 Å². The second-order valence-corrected chi connectivity index (χ2v) is 5.62. The summed E-state index contributed by atoms with van der Waals surface area (Å²) < 4.78 is 0. The predicted octanol–water partition coefficient (Wildman–Crippen LogP) is 2.06. The van der Waals surface area contributed by atoms with Crippen molar-refractivity contribution in [1.29, 1.82) is 0 Å². The van der Waals surface area contributed by atoms with Crippen molar-refractivity contribution in [3.63, 3.8) is 0 Å². The van der Waals surface area contributed by atoms with E-state index in [2.05, 4.69) is 48.7 Å². The van der Waals surface area contributed by atoms with E-state index in [4.69, 9.17) is 5.73 Å². The molecule has 0 amide bonds. The number of hydrogen-bond acceptors (Lipinski definition) is 6. The maximum absolute atomic E-state index is 5.98. The van der Waals surface area contributed by atoms with Crippen molar-refractivity contribution in [3.05, 3.63) is 48.1 Å². The summed E-state index contributed by atoms with van der Waals surface area (Å²) >= 11 is 0. The van der Waals surface area contributed by atoms with E-state index in [1.807, 2.05) is 18.4 Å². The first-order valence-corrected chi connectivity index (χ1v) is 7.77. The van der Waals surface area contributed by atoms with Gasteiger partial charge in [0.05, 0.1) is 12.1 Å². The Kier molecular flexibility index (Phi) is 3.66. The molecule has 0 radical (unpaired) electrons. The second kappa shape index (κ2) is 6.11. The summed E-state index contributed by atoms with van der Waals surface area (Å²) in [6, 6.07) is 8.10. The van der Waals surface area contributed by atoms with Gasteiger partial charge in [-0.2, -0.15) is 5.10 Å². The van der Waals surface area contributed by atoms with Crippen LogP contribution in [0, 0.1) is 0 Å². The Morgan fingerprint density at radius 1 is 1.25 bits per heavy atom. The average Bonchev–Trinajstić information content (AvgIpc) is 3.28. The van der Waals surface area contributed by atoms with Crippen LogP contribution in [-0.2, 0) is 6.42 Å². The van der Waals surface area contributed by atoms with Crippen LogP contribution < -0.4 is 11.1 Å². The van der Waals surface area contributed by atoms with E-state index in [9.17, 15) is 0 Å². The number of nitrogens with zero attached hydrogens (tertiary/aromatic N) is 4. The lowest BCUT2D eigenvalue weighted by molar-refractivity contribution is 0.902. The Labute approximate surface area is 138 Å². The molecule has 4 rings (SSSR count). The molecule has 7 heteroatoms. The molecule has 0 spiro atoms. The van der Waals surface area contributed by atoms with Crippen molar-refractivity contribution >= 4 is 34.2 Å². The first-order valence-electron chi connectivity index (χ1n) is 7.77. The Morgan fingerprint density at radius 2 is 2.21 bits per heavy atom. The average molecular weight is 319 g/mol. The highest BCUT2D eigenvalue weighted by Gasteiger charge is 2.09. The number of benzene rings is 1. The summed E-state index contributed by atoms with van der Waals surface area (Å²) in [6.45, 7) is 1.45. The third-order valence-electron chi connectivity index (χ3n) is 3.99. The summed E-state index contributed by atoms with van der Waals surface area (Å²) in [5.41, 5.74) is 10.2. The number of rotatable bonds is 5. The lowest BCUT2D eigenvalue weighted by atomic mass is 10.0. The number of allylic oxidation sites excluding steroid dienone is 1. The number of aromatic amines is 1. The van der Waals surface area contributed by atoms with Gasteiger partial charge in [-0.15, -0.1) is 0 Å². The number of H-pyrrole nitrogens is 1. The zero-order chi connectivity index (χ0) is 16.4. The van der Waals surface area contributed by atoms with Gasteiger partial charge in [-0.3, -0.25) is 10.1 Å². The van der Waals surface area contributed by atoms with Crippen molar-refractivity contribution in [1.82, 2.24) is 20.2 Å². The summed E-state index contributed by atoms with van der Waals surface area (Å²) in [5, 5.41) is 11.2. The van der Waals surface area contributed by atoms with E-state index in [-0.39, 0.29) is 0 Å². The minimum Gasteiger partial charge on any atom is -0.384 e. The van der Waals surface area contributed by atoms with Gasteiger partial charge in [-0.05, 0) is 23.3 Å². The summed E-state index contributed by atoms with van der Waals surface area (Å²) in [5.74, 6) is 1.35. The molecular weight excluding hydrogens is 302 g/mol. The fraction of sp³-hybridized carbons (Fsp3) is 0.176. The molecule has 24 heavy (non-hydrogen) atoms. The fourth-order valence-corrected chi connectivity index (χ4v) is 2.80. The molecule has 1 aliphatic heterocycles. The van der Waals surface area contributed by atoms with Gasteiger partial charge in [0.25, 0.3) is 0 Å². The molecule has 0 unspecified atom stereocenters. The summed E-state index contributed by atoms with van der Waals surface area (Å²) in [6.07, 6.45) is 6.14. The van der Waals surface area contributed by atoms with Crippen LogP contribution in [-0.4, -0.2) is 39.5 Å². The zero-order valence-electron chi connectivity index (χ0n) is 13.0. The van der Waals surface area contributed by atoms with Crippen LogP contribution in [0.5, 0.6) is 0 Å². The molecular formula is C17H17N7. The number of pyridine rings is 1. The standard InChI is InChI=1S/C17H17N7/c18-16-8-14(20-6-4-17-21-10-22-24-17)13-2-1-11(7-15(13)23-16)12-3-5-19-9-12/h1-3,5,7-8,10H,4,6,9H2,(H3,18,20,23)(H,21,22,24). The first-order chi connectivity index (χ1) is 11.8. The number of nitrogen functional groups attached to an aromatic ring is 1. The number of hydrogen-bond donors (Lipinski definition) is 3. The number of nitrogens with two attached hydrogens (primary N) is 1. The largest absolute Gasteiger partial charge is 0.384 e. The molecule has 0 saturated carbocycles. The zero-order valence-corrected chi connectivity index (χ0v) is 13.0. The van der Waals surface area contributed by atoms with Crippen LogP contribution in [0.2, 0.25) is 0 Å². The van der Waals surface area contributed by atoms with Gasteiger partial charge < -0.3 is 11.1 Å². The number of aliphatic imine (C=N–C) groups is 1. The summed E-state index contributed by atoms with van der Waals surface area (Å²) in [4.78, 5) is 12.8. The molecule has 0 bridgehead atoms. The number of aromatic nitrogens is 4. The van der Waals surface area contributed by atoms with Crippen molar-refractivity contribution in [2.24, 2.45) is 4.99 Å². The SMILES string of the molecule is Nc1cc(NCCc2ncn[nH]2)c2ccc(C3=CC=NC3)cc2n1. The van der Waals surface area contributed by atoms with Crippen LogP contribution in [0.4, 0.5) is 11.5 Å². The summed E-state index contributed by atoms with van der Waals surface area (Å²) in [7, 11) is 0. The molecule has 3 aromatic rings. The van der Waals surface area contributed by atoms with Crippen molar-refractivity contribution in [3.8, 4) is 0 Å². The smallest absolute Gasteiger partial charge is 0.137 e. The fourth-order valence-electron chi connectivity index (χ4n) is 2.80. The predicted molar refractivity (Wildman–Crippen MR) is 96.1 cm³/mol. The quantitative estimate of drug-likeness (QED) is 0.667. The Hall–Kier alpha value is -3.22. The molecule has 7 nitrogen and oxygen atoms in total. The molecule has 3 heterocycles. The molecule has 2 aromatic heterocycles. The maximum Gasteiger partial charge on any atom is 0.137 e. The Balaban J connectivity index is 1.60. The van der Waals surface area contributed by atoms with E-state index in [0.717, 1.165) is 47.5 Å².